The fraction of sp³-hybridized carbons (Fsp3) is 0.562. The Morgan fingerprint density at radius 3 is 2.79 bits per heavy atom. The molecule has 0 aromatic carbocycles. The van der Waals surface area contributed by atoms with Crippen molar-refractivity contribution >= 4 is 12.0 Å². The molecular weight excluding hydrogens is 238 g/mol. The number of hydrogen-bond acceptors (Lipinski definition) is 2. The van der Waals surface area contributed by atoms with Crippen LogP contribution in [-0.4, -0.2) is 17.1 Å². The Labute approximate surface area is 115 Å². The second-order valence-corrected chi connectivity index (χ2v) is 5.12. The van der Waals surface area contributed by atoms with Crippen LogP contribution in [0.5, 0.6) is 0 Å². The zero-order valence-electron chi connectivity index (χ0n) is 11.7. The molecule has 1 aliphatic rings. The topological polar surface area (TPSA) is 31.2 Å². The van der Waals surface area contributed by atoms with E-state index >= 15 is 0 Å². The van der Waals surface area contributed by atoms with Crippen molar-refractivity contribution in [1.82, 2.24) is 4.57 Å². The molecule has 0 saturated heterocycles. The van der Waals surface area contributed by atoms with Crippen LogP contribution >= 0.6 is 0 Å². The van der Waals surface area contributed by atoms with Gasteiger partial charge in [0.05, 0.1) is 6.61 Å². The maximum Gasteiger partial charge on any atom is 0.330 e. The minimum absolute atomic E-state index is 0.273. The smallest absolute Gasteiger partial charge is 0.330 e. The lowest BCUT2D eigenvalue weighted by Gasteiger charge is -2.15. The third-order valence-corrected chi connectivity index (χ3v) is 3.68. The molecule has 1 fully saturated rings. The zero-order chi connectivity index (χ0) is 13.5. The van der Waals surface area contributed by atoms with Gasteiger partial charge >= 0.3 is 5.97 Å². The van der Waals surface area contributed by atoms with Crippen molar-refractivity contribution in [3.63, 3.8) is 0 Å². The van der Waals surface area contributed by atoms with Crippen molar-refractivity contribution in [2.24, 2.45) is 0 Å². The molecule has 1 saturated carbocycles. The van der Waals surface area contributed by atoms with Gasteiger partial charge in [0.1, 0.15) is 0 Å². The molecular formula is C16H23NO2. The molecule has 0 bridgehead atoms. The van der Waals surface area contributed by atoms with Gasteiger partial charge in [-0.3, -0.25) is 0 Å². The fourth-order valence-electron chi connectivity index (χ4n) is 2.67. The highest BCUT2D eigenvalue weighted by Crippen LogP contribution is 2.27. The van der Waals surface area contributed by atoms with Gasteiger partial charge in [-0.25, -0.2) is 4.79 Å². The Bertz CT molecular complexity index is 426. The lowest BCUT2D eigenvalue weighted by Crippen LogP contribution is -2.05. The van der Waals surface area contributed by atoms with E-state index in [4.69, 9.17) is 4.74 Å². The normalized spacial score (nSPS) is 17.5. The van der Waals surface area contributed by atoms with E-state index in [2.05, 4.69) is 23.0 Å². The molecule has 0 unspecified atom stereocenters. The highest BCUT2D eigenvalue weighted by Gasteiger charge is 2.13. The molecule has 1 heterocycles. The van der Waals surface area contributed by atoms with E-state index in [0.717, 1.165) is 5.56 Å². The maximum atomic E-state index is 11.3. The second kappa shape index (κ2) is 7.17. The average molecular weight is 261 g/mol. The number of nitrogens with zero attached hydrogens (tertiary/aromatic N) is 1. The molecule has 3 nitrogen and oxygen atoms in total. The summed E-state index contributed by atoms with van der Waals surface area (Å²) in [5, 5.41) is 0. The molecule has 0 N–H and O–H groups in total. The third kappa shape index (κ3) is 4.27. The Kier molecular flexibility index (Phi) is 5.25. The first-order valence-corrected chi connectivity index (χ1v) is 7.32. The predicted molar refractivity (Wildman–Crippen MR) is 76.8 cm³/mol. The summed E-state index contributed by atoms with van der Waals surface area (Å²) in [5.74, 6) is -0.273. The van der Waals surface area contributed by atoms with Gasteiger partial charge in [0, 0.05) is 24.5 Å². The first-order valence-electron chi connectivity index (χ1n) is 7.32. The minimum Gasteiger partial charge on any atom is -0.463 e. The third-order valence-electron chi connectivity index (χ3n) is 3.68. The van der Waals surface area contributed by atoms with Gasteiger partial charge < -0.3 is 9.30 Å². The predicted octanol–water partition coefficient (Wildman–Crippen LogP) is 3.96. The van der Waals surface area contributed by atoms with Crippen molar-refractivity contribution < 1.29 is 9.53 Å². The fourth-order valence-corrected chi connectivity index (χ4v) is 2.67. The molecule has 0 aliphatic heterocycles. The molecule has 1 aliphatic carbocycles. The molecule has 1 aromatic rings. The van der Waals surface area contributed by atoms with Crippen LogP contribution in [0.4, 0.5) is 0 Å². The van der Waals surface area contributed by atoms with Crippen molar-refractivity contribution in [3.05, 3.63) is 30.1 Å². The first kappa shape index (κ1) is 13.9. The lowest BCUT2D eigenvalue weighted by atomic mass is 10.1. The Balaban J connectivity index is 1.96. The summed E-state index contributed by atoms with van der Waals surface area (Å²) in [6.07, 6.45) is 15.5. The van der Waals surface area contributed by atoms with Crippen LogP contribution in [0.3, 0.4) is 0 Å². The Morgan fingerprint density at radius 1 is 1.37 bits per heavy atom. The van der Waals surface area contributed by atoms with Crippen molar-refractivity contribution in [2.45, 2.75) is 51.5 Å². The van der Waals surface area contributed by atoms with Gasteiger partial charge in [-0.1, -0.05) is 25.7 Å². The van der Waals surface area contributed by atoms with Gasteiger partial charge in [0.25, 0.3) is 0 Å². The van der Waals surface area contributed by atoms with Crippen molar-refractivity contribution in [1.29, 1.82) is 0 Å². The standard InChI is InChI=1S/C16H23NO2/c1-2-19-16(18)10-9-14-11-12-17(13-14)15-7-5-3-4-6-8-15/h9-13,15H,2-8H2,1H3. The monoisotopic (exact) mass is 261 g/mol. The molecule has 0 amide bonds. The number of aromatic nitrogens is 1. The average Bonchev–Trinajstić information content (AvgIpc) is 2.71. The van der Waals surface area contributed by atoms with Crippen molar-refractivity contribution in [2.75, 3.05) is 6.61 Å². The van der Waals surface area contributed by atoms with Crippen LogP contribution in [0.15, 0.2) is 24.5 Å². The summed E-state index contributed by atoms with van der Waals surface area (Å²) < 4.78 is 7.17. The number of carbonyl (C=O) groups is 1. The first-order chi connectivity index (χ1) is 9.29. The summed E-state index contributed by atoms with van der Waals surface area (Å²) in [4.78, 5) is 11.3. The van der Waals surface area contributed by atoms with Crippen molar-refractivity contribution in [3.8, 4) is 0 Å². The molecule has 3 heteroatoms. The number of rotatable bonds is 4. The van der Waals surface area contributed by atoms with Crippen LogP contribution in [0.2, 0.25) is 0 Å². The van der Waals surface area contributed by atoms with E-state index < -0.39 is 0 Å². The number of carbonyl (C=O) groups excluding carboxylic acids is 1. The number of hydrogen-bond donors (Lipinski definition) is 0. The quantitative estimate of drug-likeness (QED) is 0.466. The van der Waals surface area contributed by atoms with Gasteiger partial charge in [0.15, 0.2) is 0 Å². The maximum absolute atomic E-state index is 11.3. The largest absolute Gasteiger partial charge is 0.463 e. The van der Waals surface area contributed by atoms with Gasteiger partial charge in [-0.05, 0) is 37.5 Å². The van der Waals surface area contributed by atoms with Crippen LogP contribution in [0, 0.1) is 0 Å². The Morgan fingerprint density at radius 2 is 2.11 bits per heavy atom. The van der Waals surface area contributed by atoms with E-state index in [1.807, 2.05) is 13.0 Å². The van der Waals surface area contributed by atoms with E-state index in [1.54, 1.807) is 0 Å². The molecule has 104 valence electrons. The summed E-state index contributed by atoms with van der Waals surface area (Å²) in [6, 6.07) is 2.69. The van der Waals surface area contributed by atoms with Gasteiger partial charge in [0.2, 0.25) is 0 Å². The Hall–Kier alpha value is -1.51. The second-order valence-electron chi connectivity index (χ2n) is 5.12. The van der Waals surface area contributed by atoms with Gasteiger partial charge in [-0.15, -0.1) is 0 Å². The molecule has 0 radical (unpaired) electrons. The number of esters is 1. The van der Waals surface area contributed by atoms with E-state index in [-0.39, 0.29) is 5.97 Å². The van der Waals surface area contributed by atoms with Crippen LogP contribution in [-0.2, 0) is 9.53 Å². The molecule has 19 heavy (non-hydrogen) atoms. The summed E-state index contributed by atoms with van der Waals surface area (Å²) in [7, 11) is 0. The summed E-state index contributed by atoms with van der Waals surface area (Å²) in [5.41, 5.74) is 1.07. The highest BCUT2D eigenvalue weighted by molar-refractivity contribution is 5.86. The SMILES string of the molecule is CCOC(=O)C=Cc1ccn(C2CCCCCC2)c1. The highest BCUT2D eigenvalue weighted by atomic mass is 16.5. The molecule has 0 spiro atoms. The van der Waals surface area contributed by atoms with E-state index in [0.29, 0.717) is 12.6 Å². The van der Waals surface area contributed by atoms with Crippen LogP contribution in [0.25, 0.3) is 6.08 Å². The minimum atomic E-state index is -0.273. The number of ether oxygens (including phenoxy) is 1. The molecule has 0 atom stereocenters. The lowest BCUT2D eigenvalue weighted by molar-refractivity contribution is -0.137. The van der Waals surface area contributed by atoms with Gasteiger partial charge in [-0.2, -0.15) is 0 Å². The van der Waals surface area contributed by atoms with Crippen LogP contribution < -0.4 is 0 Å². The van der Waals surface area contributed by atoms with Crippen LogP contribution in [0.1, 0.15) is 57.1 Å². The summed E-state index contributed by atoms with van der Waals surface area (Å²) >= 11 is 0. The van der Waals surface area contributed by atoms with E-state index in [9.17, 15) is 4.79 Å². The molecule has 1 aromatic heterocycles. The molecule has 2 rings (SSSR count). The van der Waals surface area contributed by atoms with E-state index in [1.165, 1.54) is 44.6 Å². The summed E-state index contributed by atoms with van der Waals surface area (Å²) in [6.45, 7) is 2.24. The zero-order valence-corrected chi connectivity index (χ0v) is 11.7.